The molecule has 0 aliphatic heterocycles. The Bertz CT molecular complexity index is 688. The fourth-order valence-corrected chi connectivity index (χ4v) is 2.04. The van der Waals surface area contributed by atoms with Crippen LogP contribution in [0.15, 0.2) is 10.6 Å². The summed E-state index contributed by atoms with van der Waals surface area (Å²) < 4.78 is 5.22. The van der Waals surface area contributed by atoms with Crippen molar-refractivity contribution in [1.29, 1.82) is 0 Å². The number of anilines is 1. The molecule has 1 amide bonds. The lowest BCUT2D eigenvalue weighted by Gasteiger charge is -2.14. The molecule has 0 radical (unpaired) electrons. The molecule has 0 aliphatic rings. The standard InChI is InChI=1S/C17H27N5O2/c1-16(2,3)11-10-12(21-20-11)18-13(23)8-7-9-14-19-15(22-24-14)17(4,5)6/h10H,7-9H2,1-6H3,(H2,18,20,21,23). The minimum atomic E-state index is -0.135. The fraction of sp³-hybridized carbons (Fsp3) is 0.647. The normalized spacial score (nSPS) is 12.4. The van der Waals surface area contributed by atoms with E-state index < -0.39 is 0 Å². The van der Waals surface area contributed by atoms with Gasteiger partial charge in [0, 0.05) is 35.4 Å². The summed E-state index contributed by atoms with van der Waals surface area (Å²) in [6.45, 7) is 12.4. The number of nitrogens with one attached hydrogen (secondary N) is 2. The second-order valence-electron chi connectivity index (χ2n) is 8.08. The lowest BCUT2D eigenvalue weighted by Crippen LogP contribution is -2.13. The quantitative estimate of drug-likeness (QED) is 0.874. The zero-order chi connectivity index (χ0) is 18.0. The molecule has 24 heavy (non-hydrogen) atoms. The molecule has 7 nitrogen and oxygen atoms in total. The Balaban J connectivity index is 1.79. The fourth-order valence-electron chi connectivity index (χ4n) is 2.04. The first-order valence-corrected chi connectivity index (χ1v) is 8.24. The Morgan fingerprint density at radius 2 is 1.92 bits per heavy atom. The van der Waals surface area contributed by atoms with Crippen LogP contribution in [-0.2, 0) is 22.0 Å². The van der Waals surface area contributed by atoms with E-state index in [1.807, 2.05) is 26.8 Å². The number of carbonyl (C=O) groups is 1. The Hall–Kier alpha value is -2.18. The van der Waals surface area contributed by atoms with Crippen molar-refractivity contribution in [3.05, 3.63) is 23.5 Å². The Morgan fingerprint density at radius 3 is 2.46 bits per heavy atom. The Kier molecular flexibility index (Phi) is 5.11. The third-order valence-corrected chi connectivity index (χ3v) is 3.59. The maximum atomic E-state index is 12.0. The SMILES string of the molecule is CC(C)(C)c1noc(CCCC(=O)Nc2cc(C(C)(C)C)[nH]n2)n1. The minimum absolute atomic E-state index is 0.0291. The van der Waals surface area contributed by atoms with E-state index in [4.69, 9.17) is 4.52 Å². The van der Waals surface area contributed by atoms with Gasteiger partial charge in [0.1, 0.15) is 0 Å². The van der Waals surface area contributed by atoms with Gasteiger partial charge >= 0.3 is 0 Å². The molecule has 0 unspecified atom stereocenters. The molecule has 2 rings (SSSR count). The summed E-state index contributed by atoms with van der Waals surface area (Å²) in [5.41, 5.74) is 0.820. The van der Waals surface area contributed by atoms with E-state index >= 15 is 0 Å². The van der Waals surface area contributed by atoms with Crippen LogP contribution in [0.1, 0.15) is 71.8 Å². The number of H-pyrrole nitrogens is 1. The predicted octanol–water partition coefficient (Wildman–Crippen LogP) is 3.35. The van der Waals surface area contributed by atoms with Gasteiger partial charge in [0.2, 0.25) is 11.8 Å². The number of nitrogens with zero attached hydrogens (tertiary/aromatic N) is 3. The summed E-state index contributed by atoms with van der Waals surface area (Å²) in [5, 5.41) is 13.9. The van der Waals surface area contributed by atoms with Gasteiger partial charge in [-0.15, -0.1) is 0 Å². The van der Waals surface area contributed by atoms with Gasteiger partial charge in [-0.2, -0.15) is 10.1 Å². The zero-order valence-electron chi connectivity index (χ0n) is 15.4. The molecule has 0 bridgehead atoms. The minimum Gasteiger partial charge on any atom is -0.339 e. The summed E-state index contributed by atoms with van der Waals surface area (Å²) in [6.07, 6.45) is 1.61. The molecule has 2 aromatic heterocycles. The van der Waals surface area contributed by atoms with Gasteiger partial charge in [0.15, 0.2) is 11.6 Å². The molecule has 0 saturated heterocycles. The maximum absolute atomic E-state index is 12.0. The van der Waals surface area contributed by atoms with Crippen molar-refractivity contribution in [2.24, 2.45) is 0 Å². The summed E-state index contributed by atoms with van der Waals surface area (Å²) in [4.78, 5) is 16.4. The predicted molar refractivity (Wildman–Crippen MR) is 91.9 cm³/mol. The summed E-state index contributed by atoms with van der Waals surface area (Å²) >= 11 is 0. The van der Waals surface area contributed by atoms with E-state index in [9.17, 15) is 4.79 Å². The molecular formula is C17H27N5O2. The molecule has 132 valence electrons. The topological polar surface area (TPSA) is 96.7 Å². The van der Waals surface area contributed by atoms with Crippen molar-refractivity contribution in [1.82, 2.24) is 20.3 Å². The van der Waals surface area contributed by atoms with Crippen LogP contribution in [-0.4, -0.2) is 26.2 Å². The van der Waals surface area contributed by atoms with Gasteiger partial charge in [0.25, 0.3) is 0 Å². The molecule has 0 fully saturated rings. The highest BCUT2D eigenvalue weighted by Crippen LogP contribution is 2.22. The van der Waals surface area contributed by atoms with Gasteiger partial charge in [-0.1, -0.05) is 46.7 Å². The number of hydrogen-bond acceptors (Lipinski definition) is 5. The van der Waals surface area contributed by atoms with Crippen molar-refractivity contribution in [3.8, 4) is 0 Å². The molecule has 0 saturated carbocycles. The molecule has 7 heteroatoms. The van der Waals surface area contributed by atoms with Crippen molar-refractivity contribution >= 4 is 11.7 Å². The van der Waals surface area contributed by atoms with Crippen molar-refractivity contribution < 1.29 is 9.32 Å². The molecule has 2 N–H and O–H groups in total. The van der Waals surface area contributed by atoms with Gasteiger partial charge in [-0.3, -0.25) is 9.89 Å². The van der Waals surface area contributed by atoms with Crippen LogP contribution in [0.2, 0.25) is 0 Å². The number of aromatic nitrogens is 4. The number of hydrogen-bond donors (Lipinski definition) is 2. The molecule has 0 aliphatic carbocycles. The van der Waals surface area contributed by atoms with Crippen LogP contribution >= 0.6 is 0 Å². The van der Waals surface area contributed by atoms with E-state index in [-0.39, 0.29) is 16.7 Å². The van der Waals surface area contributed by atoms with E-state index in [0.717, 1.165) is 5.69 Å². The van der Waals surface area contributed by atoms with Crippen LogP contribution in [0, 0.1) is 0 Å². The molecular weight excluding hydrogens is 306 g/mol. The van der Waals surface area contributed by atoms with Gasteiger partial charge in [-0.25, -0.2) is 0 Å². The van der Waals surface area contributed by atoms with Crippen LogP contribution in [0.3, 0.4) is 0 Å². The number of aryl methyl sites for hydroxylation is 1. The highest BCUT2D eigenvalue weighted by molar-refractivity contribution is 5.89. The average Bonchev–Trinajstić information content (AvgIpc) is 3.06. The van der Waals surface area contributed by atoms with Crippen LogP contribution < -0.4 is 5.32 Å². The van der Waals surface area contributed by atoms with Crippen LogP contribution in [0.25, 0.3) is 0 Å². The summed E-state index contributed by atoms with van der Waals surface area (Å²) in [6, 6.07) is 1.87. The van der Waals surface area contributed by atoms with E-state index in [1.54, 1.807) is 0 Å². The molecule has 0 spiro atoms. The van der Waals surface area contributed by atoms with Gasteiger partial charge in [-0.05, 0) is 6.42 Å². The second kappa shape index (κ2) is 6.75. The van der Waals surface area contributed by atoms with Crippen molar-refractivity contribution in [2.45, 2.75) is 71.6 Å². The van der Waals surface area contributed by atoms with Crippen LogP contribution in [0.4, 0.5) is 5.82 Å². The third-order valence-electron chi connectivity index (χ3n) is 3.59. The highest BCUT2D eigenvalue weighted by Gasteiger charge is 2.21. The smallest absolute Gasteiger partial charge is 0.226 e. The number of carbonyl (C=O) groups excluding carboxylic acids is 1. The number of rotatable bonds is 5. The van der Waals surface area contributed by atoms with Gasteiger partial charge in [0.05, 0.1) is 0 Å². The van der Waals surface area contributed by atoms with E-state index in [0.29, 0.717) is 36.8 Å². The lowest BCUT2D eigenvalue weighted by atomic mass is 9.92. The van der Waals surface area contributed by atoms with Crippen molar-refractivity contribution in [3.63, 3.8) is 0 Å². The third kappa shape index (κ3) is 4.91. The van der Waals surface area contributed by atoms with E-state index in [1.165, 1.54) is 0 Å². The highest BCUT2D eigenvalue weighted by atomic mass is 16.5. The zero-order valence-corrected chi connectivity index (χ0v) is 15.4. The monoisotopic (exact) mass is 333 g/mol. The van der Waals surface area contributed by atoms with E-state index in [2.05, 4.69) is 46.4 Å². The largest absolute Gasteiger partial charge is 0.339 e. The first-order chi connectivity index (χ1) is 11.1. The maximum Gasteiger partial charge on any atom is 0.226 e. The first kappa shape index (κ1) is 18.2. The second-order valence-corrected chi connectivity index (χ2v) is 8.08. The summed E-state index contributed by atoms with van der Waals surface area (Å²) in [5.74, 6) is 1.74. The van der Waals surface area contributed by atoms with Crippen molar-refractivity contribution in [2.75, 3.05) is 5.32 Å². The molecule has 0 atom stereocenters. The lowest BCUT2D eigenvalue weighted by molar-refractivity contribution is -0.116. The van der Waals surface area contributed by atoms with Crippen LogP contribution in [0.5, 0.6) is 0 Å². The molecule has 2 aromatic rings. The summed E-state index contributed by atoms with van der Waals surface area (Å²) in [7, 11) is 0. The number of aromatic amines is 1. The van der Waals surface area contributed by atoms with Gasteiger partial charge < -0.3 is 9.84 Å². The average molecular weight is 333 g/mol. The Labute approximate surface area is 142 Å². The first-order valence-electron chi connectivity index (χ1n) is 8.24. The molecule has 2 heterocycles. The number of amides is 1. The Morgan fingerprint density at radius 1 is 1.21 bits per heavy atom. The molecule has 0 aromatic carbocycles.